The van der Waals surface area contributed by atoms with Gasteiger partial charge in [-0.25, -0.2) is 4.79 Å². The number of amides is 1. The average Bonchev–Trinajstić information content (AvgIpc) is 3.20. The molecule has 0 aliphatic carbocycles. The van der Waals surface area contributed by atoms with E-state index in [9.17, 15) is 14.9 Å². The summed E-state index contributed by atoms with van der Waals surface area (Å²) in [4.78, 5) is 23.9. The van der Waals surface area contributed by atoms with Crippen molar-refractivity contribution in [2.75, 3.05) is 19.8 Å². The smallest absolute Gasteiger partial charge is 0.338 e. The molecule has 0 radical (unpaired) electrons. The van der Waals surface area contributed by atoms with Gasteiger partial charge in [0.25, 0.3) is 5.91 Å². The van der Waals surface area contributed by atoms with E-state index in [2.05, 4.69) is 5.32 Å². The van der Waals surface area contributed by atoms with Gasteiger partial charge in [0.2, 0.25) is 0 Å². The normalized spacial score (nSPS) is 11.2. The molecule has 2 aromatic rings. The Morgan fingerprint density at radius 1 is 1.20 bits per heavy atom. The standard InChI is InChI=1S/C23H26N2O5/c1-4-28-23(27)18-8-6-17(7-9-18)21-11-10-20(30-21)14-19(15-24)22(26)25-12-5-13-29-16(2)3/h6-11,14,16H,4-5,12-13H2,1-3H3,(H,25,26). The van der Waals surface area contributed by atoms with Gasteiger partial charge in [-0.1, -0.05) is 12.1 Å². The van der Waals surface area contributed by atoms with E-state index >= 15 is 0 Å². The topological polar surface area (TPSA) is 102 Å². The minimum Gasteiger partial charge on any atom is -0.462 e. The van der Waals surface area contributed by atoms with Crippen LogP contribution in [-0.4, -0.2) is 37.7 Å². The summed E-state index contributed by atoms with van der Waals surface area (Å²) >= 11 is 0. The highest BCUT2D eigenvalue weighted by atomic mass is 16.5. The number of hydrogen-bond donors (Lipinski definition) is 1. The van der Waals surface area contributed by atoms with Crippen molar-refractivity contribution < 1.29 is 23.5 Å². The lowest BCUT2D eigenvalue weighted by Crippen LogP contribution is -2.26. The summed E-state index contributed by atoms with van der Waals surface area (Å²) in [7, 11) is 0. The highest BCUT2D eigenvalue weighted by molar-refractivity contribution is 6.01. The van der Waals surface area contributed by atoms with Crippen molar-refractivity contribution in [1.82, 2.24) is 5.32 Å². The summed E-state index contributed by atoms with van der Waals surface area (Å²) in [5.74, 6) is 0.0980. The number of nitrogens with zero attached hydrogens (tertiary/aromatic N) is 1. The highest BCUT2D eigenvalue weighted by Crippen LogP contribution is 2.24. The van der Waals surface area contributed by atoms with Crippen molar-refractivity contribution in [2.24, 2.45) is 0 Å². The number of rotatable bonds is 10. The van der Waals surface area contributed by atoms with Gasteiger partial charge in [-0.15, -0.1) is 0 Å². The average molecular weight is 410 g/mol. The Morgan fingerprint density at radius 3 is 2.57 bits per heavy atom. The largest absolute Gasteiger partial charge is 0.462 e. The number of nitriles is 1. The lowest BCUT2D eigenvalue weighted by Gasteiger charge is -2.07. The molecule has 1 heterocycles. The molecule has 7 nitrogen and oxygen atoms in total. The van der Waals surface area contributed by atoms with Gasteiger partial charge in [-0.3, -0.25) is 4.79 Å². The third-order valence-corrected chi connectivity index (χ3v) is 4.02. The Bertz CT molecular complexity index is 920. The number of benzene rings is 1. The van der Waals surface area contributed by atoms with E-state index in [1.165, 1.54) is 6.08 Å². The van der Waals surface area contributed by atoms with Crippen LogP contribution in [0.4, 0.5) is 0 Å². The van der Waals surface area contributed by atoms with Crippen LogP contribution in [0.2, 0.25) is 0 Å². The first-order valence-electron chi connectivity index (χ1n) is 9.83. The number of ether oxygens (including phenoxy) is 2. The van der Waals surface area contributed by atoms with Crippen LogP contribution in [0.1, 0.15) is 43.3 Å². The van der Waals surface area contributed by atoms with Crippen molar-refractivity contribution in [1.29, 1.82) is 5.26 Å². The van der Waals surface area contributed by atoms with Crippen LogP contribution in [-0.2, 0) is 14.3 Å². The van der Waals surface area contributed by atoms with Gasteiger partial charge in [-0.2, -0.15) is 5.26 Å². The molecule has 0 unspecified atom stereocenters. The van der Waals surface area contributed by atoms with Crippen LogP contribution in [0.25, 0.3) is 17.4 Å². The highest BCUT2D eigenvalue weighted by Gasteiger charge is 2.12. The second kappa shape index (κ2) is 11.6. The van der Waals surface area contributed by atoms with E-state index in [0.717, 1.165) is 5.56 Å². The maximum atomic E-state index is 12.2. The molecule has 2 rings (SSSR count). The first kappa shape index (κ1) is 22.9. The van der Waals surface area contributed by atoms with Crippen LogP contribution in [0, 0.1) is 11.3 Å². The SMILES string of the molecule is CCOC(=O)c1ccc(-c2ccc(C=C(C#N)C(=O)NCCCOC(C)C)o2)cc1. The third-order valence-electron chi connectivity index (χ3n) is 4.02. The van der Waals surface area contributed by atoms with E-state index < -0.39 is 5.91 Å². The molecule has 1 aromatic carbocycles. The maximum Gasteiger partial charge on any atom is 0.338 e. The molecule has 1 N–H and O–H groups in total. The molecule has 0 aliphatic heterocycles. The van der Waals surface area contributed by atoms with Crippen LogP contribution >= 0.6 is 0 Å². The molecule has 1 aromatic heterocycles. The number of carbonyl (C=O) groups excluding carboxylic acids is 2. The molecule has 7 heteroatoms. The summed E-state index contributed by atoms with van der Waals surface area (Å²) in [6.45, 7) is 6.92. The van der Waals surface area contributed by atoms with Gasteiger partial charge >= 0.3 is 5.97 Å². The Balaban J connectivity index is 2.00. The second-order valence-corrected chi connectivity index (χ2v) is 6.70. The number of carbonyl (C=O) groups is 2. The lowest BCUT2D eigenvalue weighted by atomic mass is 10.1. The Hall–Kier alpha value is -3.37. The summed E-state index contributed by atoms with van der Waals surface area (Å²) in [5.41, 5.74) is 1.17. The van der Waals surface area contributed by atoms with Gasteiger partial charge in [0, 0.05) is 24.8 Å². The molecular formula is C23H26N2O5. The van der Waals surface area contributed by atoms with Crippen LogP contribution in [0.15, 0.2) is 46.4 Å². The summed E-state index contributed by atoms with van der Waals surface area (Å²) in [5, 5.41) is 12.0. The Morgan fingerprint density at radius 2 is 1.93 bits per heavy atom. The zero-order valence-electron chi connectivity index (χ0n) is 17.4. The first-order chi connectivity index (χ1) is 14.4. The van der Waals surface area contributed by atoms with E-state index in [1.54, 1.807) is 43.3 Å². The van der Waals surface area contributed by atoms with E-state index in [-0.39, 0.29) is 17.6 Å². The summed E-state index contributed by atoms with van der Waals surface area (Å²) in [6.07, 6.45) is 2.20. The monoisotopic (exact) mass is 410 g/mol. The molecule has 158 valence electrons. The molecule has 0 spiro atoms. The molecule has 0 bridgehead atoms. The first-order valence-corrected chi connectivity index (χ1v) is 9.83. The minimum absolute atomic E-state index is 0.0432. The number of furan rings is 1. The molecule has 1 amide bonds. The predicted molar refractivity (Wildman–Crippen MR) is 112 cm³/mol. The zero-order chi connectivity index (χ0) is 21.9. The van der Waals surface area contributed by atoms with Gasteiger partial charge < -0.3 is 19.2 Å². The second-order valence-electron chi connectivity index (χ2n) is 6.70. The summed E-state index contributed by atoms with van der Waals surface area (Å²) in [6, 6.07) is 12.1. The number of nitrogens with one attached hydrogen (secondary N) is 1. The van der Waals surface area contributed by atoms with Crippen molar-refractivity contribution in [3.8, 4) is 17.4 Å². The molecule has 0 atom stereocenters. The van der Waals surface area contributed by atoms with E-state index in [4.69, 9.17) is 13.9 Å². The van der Waals surface area contributed by atoms with Crippen molar-refractivity contribution in [3.05, 3.63) is 53.3 Å². The van der Waals surface area contributed by atoms with E-state index in [0.29, 0.717) is 43.3 Å². The summed E-state index contributed by atoms with van der Waals surface area (Å²) < 4.78 is 16.1. The molecule has 0 saturated heterocycles. The van der Waals surface area contributed by atoms with Gasteiger partial charge in [0.05, 0.1) is 18.3 Å². The van der Waals surface area contributed by atoms with Crippen molar-refractivity contribution in [3.63, 3.8) is 0 Å². The maximum absolute atomic E-state index is 12.2. The fourth-order valence-corrected chi connectivity index (χ4v) is 2.55. The Labute approximate surface area is 176 Å². The fraction of sp³-hybridized carbons (Fsp3) is 0.348. The van der Waals surface area contributed by atoms with Crippen LogP contribution < -0.4 is 5.32 Å². The van der Waals surface area contributed by atoms with Gasteiger partial charge in [0.1, 0.15) is 23.2 Å². The van der Waals surface area contributed by atoms with E-state index in [1.807, 2.05) is 19.9 Å². The predicted octanol–water partition coefficient (Wildman–Crippen LogP) is 3.96. The van der Waals surface area contributed by atoms with Crippen molar-refractivity contribution >= 4 is 18.0 Å². The van der Waals surface area contributed by atoms with Gasteiger partial charge in [-0.05, 0) is 51.5 Å². The zero-order valence-corrected chi connectivity index (χ0v) is 17.4. The minimum atomic E-state index is -0.459. The fourth-order valence-electron chi connectivity index (χ4n) is 2.55. The van der Waals surface area contributed by atoms with Gasteiger partial charge in [0.15, 0.2) is 0 Å². The Kier molecular flexibility index (Phi) is 8.85. The molecule has 0 aliphatic rings. The molecule has 0 saturated carbocycles. The number of esters is 1. The van der Waals surface area contributed by atoms with Crippen molar-refractivity contribution in [2.45, 2.75) is 33.3 Å². The van der Waals surface area contributed by atoms with Crippen LogP contribution in [0.3, 0.4) is 0 Å². The quantitative estimate of drug-likeness (QED) is 0.275. The number of hydrogen-bond acceptors (Lipinski definition) is 6. The molecular weight excluding hydrogens is 384 g/mol. The molecule has 0 fully saturated rings. The third kappa shape index (κ3) is 6.90. The molecule has 30 heavy (non-hydrogen) atoms. The lowest BCUT2D eigenvalue weighted by molar-refractivity contribution is -0.117. The van der Waals surface area contributed by atoms with Crippen LogP contribution in [0.5, 0.6) is 0 Å².